The van der Waals surface area contributed by atoms with E-state index in [-0.39, 0.29) is 43.9 Å². The van der Waals surface area contributed by atoms with Crippen LogP contribution in [-0.2, 0) is 30.4 Å². The number of hydrogen-bond donors (Lipinski definition) is 6. The molecule has 1 aromatic carbocycles. The fourth-order valence-electron chi connectivity index (χ4n) is 4.22. The van der Waals surface area contributed by atoms with E-state index in [4.69, 9.17) is 10.8 Å². The number of likely N-dealkylation sites (tertiary alicyclic amines) is 1. The summed E-state index contributed by atoms with van der Waals surface area (Å²) in [6.07, 6.45) is 0.679. The largest absolute Gasteiger partial charge is 0.508 e. The lowest BCUT2D eigenvalue weighted by Crippen LogP contribution is -2.57. The van der Waals surface area contributed by atoms with Crippen LogP contribution in [0.4, 0.5) is 0 Å². The molecule has 2 rings (SSSR count). The number of carbonyl (C=O) groups is 5. The molecule has 0 spiro atoms. The molecule has 3 amide bonds. The van der Waals surface area contributed by atoms with Crippen molar-refractivity contribution in [3.8, 4) is 5.75 Å². The summed E-state index contributed by atoms with van der Waals surface area (Å²) in [6.45, 7) is 4.00. The van der Waals surface area contributed by atoms with Crippen molar-refractivity contribution in [1.82, 2.24) is 15.5 Å². The molecule has 0 aliphatic carbocycles. The Morgan fingerprint density at radius 2 is 1.65 bits per heavy atom. The molecule has 0 bridgehead atoms. The molecular weight excluding hydrogens is 484 g/mol. The number of hydrogen-bond acceptors (Lipinski definition) is 7. The van der Waals surface area contributed by atoms with Gasteiger partial charge >= 0.3 is 11.9 Å². The Bertz CT molecular complexity index is 981. The second-order valence-corrected chi connectivity index (χ2v) is 9.69. The highest BCUT2D eigenvalue weighted by molar-refractivity contribution is 5.94. The van der Waals surface area contributed by atoms with Crippen LogP contribution in [0.2, 0.25) is 0 Å². The Balaban J connectivity index is 2.24. The van der Waals surface area contributed by atoms with Gasteiger partial charge in [-0.2, -0.15) is 0 Å². The van der Waals surface area contributed by atoms with E-state index < -0.39 is 53.8 Å². The number of phenolic OH excluding ortho intramolecular Hbond substituents is 1. The lowest BCUT2D eigenvalue weighted by molar-refractivity contribution is -0.149. The molecule has 4 unspecified atom stereocenters. The Morgan fingerprint density at radius 3 is 2.22 bits per heavy atom. The van der Waals surface area contributed by atoms with Gasteiger partial charge in [-0.25, -0.2) is 4.79 Å². The Hall–Kier alpha value is -3.67. The van der Waals surface area contributed by atoms with Gasteiger partial charge in [0, 0.05) is 19.4 Å². The minimum Gasteiger partial charge on any atom is -0.508 e. The Kier molecular flexibility index (Phi) is 10.9. The maximum absolute atomic E-state index is 13.4. The van der Waals surface area contributed by atoms with Crippen molar-refractivity contribution in [2.75, 3.05) is 6.54 Å². The third kappa shape index (κ3) is 9.05. The third-order valence-corrected chi connectivity index (χ3v) is 6.16. The number of amides is 3. The highest BCUT2D eigenvalue weighted by Gasteiger charge is 2.38. The first-order chi connectivity index (χ1) is 17.4. The van der Waals surface area contributed by atoms with Crippen molar-refractivity contribution in [3.63, 3.8) is 0 Å². The van der Waals surface area contributed by atoms with E-state index in [9.17, 15) is 34.2 Å². The van der Waals surface area contributed by atoms with Gasteiger partial charge in [-0.1, -0.05) is 26.0 Å². The van der Waals surface area contributed by atoms with Crippen molar-refractivity contribution >= 4 is 29.7 Å². The van der Waals surface area contributed by atoms with Crippen LogP contribution in [0.25, 0.3) is 0 Å². The molecule has 0 radical (unpaired) electrons. The van der Waals surface area contributed by atoms with Gasteiger partial charge in [0.05, 0.1) is 6.04 Å². The molecule has 1 aliphatic rings. The molecule has 1 saturated heterocycles. The third-order valence-electron chi connectivity index (χ3n) is 6.16. The first-order valence-electron chi connectivity index (χ1n) is 12.3. The molecule has 0 aromatic heterocycles. The zero-order valence-electron chi connectivity index (χ0n) is 21.1. The van der Waals surface area contributed by atoms with Gasteiger partial charge in [-0.15, -0.1) is 0 Å². The molecular formula is C25H36N4O8. The molecule has 0 saturated carbocycles. The lowest BCUT2D eigenvalue weighted by atomic mass is 10.00. The molecule has 7 N–H and O–H groups in total. The van der Waals surface area contributed by atoms with Gasteiger partial charge in [0.25, 0.3) is 0 Å². The zero-order valence-corrected chi connectivity index (χ0v) is 21.1. The van der Waals surface area contributed by atoms with E-state index in [1.807, 2.05) is 13.8 Å². The molecule has 12 heteroatoms. The molecule has 4 atom stereocenters. The molecule has 1 aliphatic heterocycles. The standard InChI is InChI=1S/C25H36N4O8/c1-14(2)12-19(24(35)29-11-3-4-20(29)25(36)37)28-23(34)18(13-15-5-7-16(30)8-6-15)27-22(33)17(26)9-10-21(31)32/h5-8,14,17-20,30H,3-4,9-13,26H2,1-2H3,(H,27,33)(H,28,34)(H,31,32)(H,36,37). The average Bonchev–Trinajstić information content (AvgIpc) is 3.32. The topological polar surface area (TPSA) is 199 Å². The van der Waals surface area contributed by atoms with Crippen LogP contribution < -0.4 is 16.4 Å². The highest BCUT2D eigenvalue weighted by Crippen LogP contribution is 2.21. The number of phenols is 1. The van der Waals surface area contributed by atoms with Gasteiger partial charge < -0.3 is 36.6 Å². The quantitative estimate of drug-likeness (QED) is 0.210. The number of aliphatic carboxylic acids is 2. The van der Waals surface area contributed by atoms with E-state index in [0.29, 0.717) is 18.4 Å². The molecule has 204 valence electrons. The summed E-state index contributed by atoms with van der Waals surface area (Å²) in [7, 11) is 0. The summed E-state index contributed by atoms with van der Waals surface area (Å²) in [6, 6.07) is 1.70. The van der Waals surface area contributed by atoms with E-state index in [0.717, 1.165) is 0 Å². The van der Waals surface area contributed by atoms with Crippen LogP contribution in [-0.4, -0.2) is 80.6 Å². The van der Waals surface area contributed by atoms with Gasteiger partial charge in [0.1, 0.15) is 23.9 Å². The van der Waals surface area contributed by atoms with Crippen molar-refractivity contribution in [1.29, 1.82) is 0 Å². The molecule has 1 heterocycles. The van der Waals surface area contributed by atoms with E-state index in [2.05, 4.69) is 10.6 Å². The number of carboxylic acid groups (broad SMARTS) is 2. The maximum atomic E-state index is 13.4. The van der Waals surface area contributed by atoms with Gasteiger partial charge in [-0.3, -0.25) is 19.2 Å². The van der Waals surface area contributed by atoms with Crippen LogP contribution in [0, 0.1) is 5.92 Å². The fourth-order valence-corrected chi connectivity index (χ4v) is 4.22. The molecule has 37 heavy (non-hydrogen) atoms. The van der Waals surface area contributed by atoms with E-state index in [1.54, 1.807) is 12.1 Å². The maximum Gasteiger partial charge on any atom is 0.326 e. The summed E-state index contributed by atoms with van der Waals surface area (Å²) in [5.41, 5.74) is 6.42. The number of carboxylic acids is 2. The minimum absolute atomic E-state index is 0.00490. The first-order valence-corrected chi connectivity index (χ1v) is 12.3. The van der Waals surface area contributed by atoms with Crippen LogP contribution in [0.5, 0.6) is 5.75 Å². The van der Waals surface area contributed by atoms with Crippen molar-refractivity contribution < 1.29 is 39.3 Å². The number of nitrogens with one attached hydrogen (secondary N) is 2. The van der Waals surface area contributed by atoms with Crippen molar-refractivity contribution in [2.24, 2.45) is 11.7 Å². The van der Waals surface area contributed by atoms with Gasteiger partial charge in [-0.05, 0) is 49.3 Å². The monoisotopic (exact) mass is 520 g/mol. The molecule has 12 nitrogen and oxygen atoms in total. The number of aromatic hydroxyl groups is 1. The summed E-state index contributed by atoms with van der Waals surface area (Å²) in [4.78, 5) is 63.0. The number of carbonyl (C=O) groups excluding carboxylic acids is 3. The number of rotatable bonds is 13. The fraction of sp³-hybridized carbons (Fsp3) is 0.560. The van der Waals surface area contributed by atoms with E-state index in [1.165, 1.54) is 17.0 Å². The van der Waals surface area contributed by atoms with Crippen molar-refractivity contribution in [2.45, 2.75) is 76.5 Å². The van der Waals surface area contributed by atoms with Crippen LogP contribution in [0.3, 0.4) is 0 Å². The normalized spacial score (nSPS) is 17.6. The summed E-state index contributed by atoms with van der Waals surface area (Å²) in [5, 5.41) is 33.1. The van der Waals surface area contributed by atoms with Gasteiger partial charge in [0.15, 0.2) is 0 Å². The average molecular weight is 521 g/mol. The number of nitrogens with two attached hydrogens (primary N) is 1. The minimum atomic E-state index is -1.17. The summed E-state index contributed by atoms with van der Waals surface area (Å²) in [5.74, 6) is -4.10. The smallest absolute Gasteiger partial charge is 0.326 e. The van der Waals surface area contributed by atoms with Crippen LogP contribution in [0.15, 0.2) is 24.3 Å². The number of benzene rings is 1. The first kappa shape index (κ1) is 29.6. The van der Waals surface area contributed by atoms with Crippen LogP contribution >= 0.6 is 0 Å². The predicted molar refractivity (Wildman–Crippen MR) is 132 cm³/mol. The molecule has 1 fully saturated rings. The zero-order chi connectivity index (χ0) is 27.7. The summed E-state index contributed by atoms with van der Waals surface area (Å²) < 4.78 is 0. The summed E-state index contributed by atoms with van der Waals surface area (Å²) >= 11 is 0. The lowest BCUT2D eigenvalue weighted by Gasteiger charge is -2.30. The Labute approximate surface area is 215 Å². The van der Waals surface area contributed by atoms with Crippen LogP contribution in [0.1, 0.15) is 51.5 Å². The number of nitrogens with zero attached hydrogens (tertiary/aromatic N) is 1. The second-order valence-electron chi connectivity index (χ2n) is 9.69. The van der Waals surface area contributed by atoms with Gasteiger partial charge in [0.2, 0.25) is 17.7 Å². The molecule has 1 aromatic rings. The second kappa shape index (κ2) is 13.6. The van der Waals surface area contributed by atoms with Crippen molar-refractivity contribution in [3.05, 3.63) is 29.8 Å². The SMILES string of the molecule is CC(C)CC(NC(=O)C(Cc1ccc(O)cc1)NC(=O)C(N)CCC(=O)O)C(=O)N1CCCC1C(=O)O. The highest BCUT2D eigenvalue weighted by atomic mass is 16.4. The predicted octanol–water partition coefficient (Wildman–Crippen LogP) is 0.218. The van der Waals surface area contributed by atoms with E-state index >= 15 is 0 Å². The Morgan fingerprint density at radius 1 is 1.03 bits per heavy atom.